The van der Waals surface area contributed by atoms with Crippen molar-refractivity contribution in [1.29, 1.82) is 0 Å². The maximum absolute atomic E-state index is 10.9. The van der Waals surface area contributed by atoms with E-state index < -0.39 is 6.16 Å². The molecule has 5 nitrogen and oxygen atoms in total. The first kappa shape index (κ1) is 15.2. The molecule has 0 fully saturated rings. The molecule has 0 aromatic heterocycles. The molecule has 0 aliphatic rings. The highest BCUT2D eigenvalue weighted by Gasteiger charge is 2.25. The summed E-state index contributed by atoms with van der Waals surface area (Å²) in [5.74, 6) is 0. The van der Waals surface area contributed by atoms with E-state index in [0.29, 0.717) is 0 Å². The molecule has 0 aromatic rings. The molecule has 0 saturated carbocycles. The summed E-state index contributed by atoms with van der Waals surface area (Å²) < 4.78 is 4.69. The summed E-state index contributed by atoms with van der Waals surface area (Å²) in [6, 6.07) is 0. The molecule has 0 N–H and O–H groups in total. The van der Waals surface area contributed by atoms with Gasteiger partial charge < -0.3 is 4.74 Å². The zero-order valence-electron chi connectivity index (χ0n) is 10.9. The SMILES string of the molecule is CCC(OOOC(=O)OC(C)C)C(C)(C)C. The zero-order chi connectivity index (χ0) is 12.8. The second kappa shape index (κ2) is 6.70. The zero-order valence-corrected chi connectivity index (χ0v) is 10.9. The van der Waals surface area contributed by atoms with Gasteiger partial charge in [0.15, 0.2) is 0 Å². The second-order valence-corrected chi connectivity index (χ2v) is 4.93. The molecule has 0 aliphatic carbocycles. The first-order chi connectivity index (χ1) is 7.27. The third-order valence-corrected chi connectivity index (χ3v) is 1.93. The van der Waals surface area contributed by atoms with Crippen LogP contribution < -0.4 is 0 Å². The highest BCUT2D eigenvalue weighted by Crippen LogP contribution is 2.24. The van der Waals surface area contributed by atoms with Crippen molar-refractivity contribution in [2.75, 3.05) is 0 Å². The molecule has 1 atom stereocenters. The van der Waals surface area contributed by atoms with Gasteiger partial charge in [0.25, 0.3) is 0 Å². The lowest BCUT2D eigenvalue weighted by molar-refractivity contribution is -0.509. The van der Waals surface area contributed by atoms with E-state index in [9.17, 15) is 4.79 Å². The third kappa shape index (κ3) is 6.63. The van der Waals surface area contributed by atoms with Crippen LogP contribution in [0.5, 0.6) is 0 Å². The van der Waals surface area contributed by atoms with Crippen molar-refractivity contribution in [3.8, 4) is 0 Å². The minimum absolute atomic E-state index is 0.0833. The van der Waals surface area contributed by atoms with Gasteiger partial charge in [0, 0.05) is 0 Å². The van der Waals surface area contributed by atoms with Crippen molar-refractivity contribution >= 4 is 6.16 Å². The predicted molar refractivity (Wildman–Crippen MR) is 58.4 cm³/mol. The van der Waals surface area contributed by atoms with E-state index in [0.717, 1.165) is 6.42 Å². The van der Waals surface area contributed by atoms with Crippen LogP contribution in [0, 0.1) is 5.41 Å². The molecule has 5 heteroatoms. The Hall–Kier alpha value is -0.810. The molecule has 16 heavy (non-hydrogen) atoms. The fraction of sp³-hybridized carbons (Fsp3) is 0.909. The van der Waals surface area contributed by atoms with Crippen LogP contribution in [0.4, 0.5) is 4.79 Å². The Kier molecular flexibility index (Phi) is 6.36. The number of hydrogen-bond acceptors (Lipinski definition) is 5. The Morgan fingerprint density at radius 3 is 2.19 bits per heavy atom. The summed E-state index contributed by atoms with van der Waals surface area (Å²) in [4.78, 5) is 20.2. The van der Waals surface area contributed by atoms with Gasteiger partial charge in [0.05, 0.1) is 6.10 Å². The second-order valence-electron chi connectivity index (χ2n) is 4.93. The predicted octanol–water partition coefficient (Wildman–Crippen LogP) is 3.24. The molecule has 0 spiro atoms. The Labute approximate surface area is 96.9 Å². The van der Waals surface area contributed by atoms with Gasteiger partial charge in [-0.2, -0.15) is 4.89 Å². The van der Waals surface area contributed by atoms with Gasteiger partial charge in [-0.25, -0.2) is 9.68 Å². The van der Waals surface area contributed by atoms with Crippen LogP contribution in [0.1, 0.15) is 48.0 Å². The monoisotopic (exact) mass is 234 g/mol. The molecule has 0 bridgehead atoms. The van der Waals surface area contributed by atoms with Crippen molar-refractivity contribution in [3.05, 3.63) is 0 Å². The molecule has 96 valence electrons. The number of hydrogen-bond donors (Lipinski definition) is 0. The van der Waals surface area contributed by atoms with Gasteiger partial charge in [-0.15, -0.1) is 0 Å². The van der Waals surface area contributed by atoms with Crippen molar-refractivity contribution in [2.24, 2.45) is 5.41 Å². The van der Waals surface area contributed by atoms with E-state index >= 15 is 0 Å². The number of ether oxygens (including phenoxy) is 1. The van der Waals surface area contributed by atoms with E-state index in [4.69, 9.17) is 4.89 Å². The minimum Gasteiger partial charge on any atom is -0.430 e. The highest BCUT2D eigenvalue weighted by molar-refractivity contribution is 5.59. The summed E-state index contributed by atoms with van der Waals surface area (Å²) in [6.45, 7) is 11.4. The maximum Gasteiger partial charge on any atom is 0.542 e. The average Bonchev–Trinajstić information content (AvgIpc) is 2.08. The molecule has 0 amide bonds. The first-order valence-electron chi connectivity index (χ1n) is 5.48. The van der Waals surface area contributed by atoms with Crippen LogP contribution >= 0.6 is 0 Å². The third-order valence-electron chi connectivity index (χ3n) is 1.93. The van der Waals surface area contributed by atoms with E-state index in [1.807, 2.05) is 27.7 Å². The highest BCUT2D eigenvalue weighted by atomic mass is 17.5. The van der Waals surface area contributed by atoms with Crippen LogP contribution in [0.15, 0.2) is 0 Å². The Morgan fingerprint density at radius 2 is 1.81 bits per heavy atom. The van der Waals surface area contributed by atoms with Crippen molar-refractivity contribution < 1.29 is 24.3 Å². The quantitative estimate of drug-likeness (QED) is 0.415. The molecular formula is C11H22O5. The topological polar surface area (TPSA) is 54.0 Å². The van der Waals surface area contributed by atoms with Gasteiger partial charge in [0.1, 0.15) is 6.10 Å². The molecule has 0 aliphatic heterocycles. The average molecular weight is 234 g/mol. The van der Waals surface area contributed by atoms with Gasteiger partial charge in [-0.3, -0.25) is 0 Å². The molecule has 1 unspecified atom stereocenters. The molecule has 0 saturated heterocycles. The number of carbonyl (C=O) groups is 1. The van der Waals surface area contributed by atoms with E-state index in [1.165, 1.54) is 0 Å². The van der Waals surface area contributed by atoms with Gasteiger partial charge in [0.2, 0.25) is 0 Å². The lowest BCUT2D eigenvalue weighted by atomic mass is 9.88. The van der Waals surface area contributed by atoms with Crippen molar-refractivity contribution in [3.63, 3.8) is 0 Å². The molecule has 0 rings (SSSR count). The summed E-state index contributed by atoms with van der Waals surface area (Å²) in [5, 5.41) is 4.40. The van der Waals surface area contributed by atoms with Gasteiger partial charge in [-0.1, -0.05) is 27.7 Å². The normalized spacial score (nSPS) is 13.7. The van der Waals surface area contributed by atoms with Gasteiger partial charge >= 0.3 is 6.16 Å². The maximum atomic E-state index is 10.9. The van der Waals surface area contributed by atoms with Crippen molar-refractivity contribution in [1.82, 2.24) is 0 Å². The smallest absolute Gasteiger partial charge is 0.430 e. The summed E-state index contributed by atoms with van der Waals surface area (Å²) in [6.07, 6.45) is -0.551. The van der Waals surface area contributed by atoms with Crippen LogP contribution in [0.25, 0.3) is 0 Å². The fourth-order valence-corrected chi connectivity index (χ4v) is 1.13. The largest absolute Gasteiger partial charge is 0.542 e. The first-order valence-corrected chi connectivity index (χ1v) is 5.48. The molecule has 0 aromatic carbocycles. The summed E-state index contributed by atoms with van der Waals surface area (Å²) in [7, 11) is 0. The van der Waals surface area contributed by atoms with Crippen LogP contribution in [-0.4, -0.2) is 18.4 Å². The summed E-state index contributed by atoms with van der Waals surface area (Å²) in [5.41, 5.74) is -0.0833. The van der Waals surface area contributed by atoms with E-state index in [-0.39, 0.29) is 17.6 Å². The molecular weight excluding hydrogens is 212 g/mol. The Bertz CT molecular complexity index is 207. The lowest BCUT2D eigenvalue weighted by Gasteiger charge is -2.26. The fourth-order valence-electron chi connectivity index (χ4n) is 1.13. The van der Waals surface area contributed by atoms with Crippen molar-refractivity contribution in [2.45, 2.75) is 60.2 Å². The minimum atomic E-state index is -0.904. The lowest BCUT2D eigenvalue weighted by Crippen LogP contribution is -2.29. The number of rotatable bonds is 5. The Balaban J connectivity index is 3.84. The Morgan fingerprint density at radius 1 is 1.25 bits per heavy atom. The van der Waals surface area contributed by atoms with Gasteiger partial charge in [-0.05, 0) is 30.7 Å². The van der Waals surface area contributed by atoms with Crippen LogP contribution in [0.3, 0.4) is 0 Å². The number of carbonyl (C=O) groups excluding carboxylic acids is 1. The standard InChI is InChI=1S/C11H22O5/c1-7-9(11(4,5)6)14-16-15-10(12)13-8(2)3/h8-9H,7H2,1-6H3. The molecule has 0 radical (unpaired) electrons. The van der Waals surface area contributed by atoms with Crippen LogP contribution in [0.2, 0.25) is 0 Å². The summed E-state index contributed by atoms with van der Waals surface area (Å²) >= 11 is 0. The molecule has 0 heterocycles. The van der Waals surface area contributed by atoms with E-state index in [2.05, 4.69) is 14.7 Å². The van der Waals surface area contributed by atoms with E-state index in [1.54, 1.807) is 13.8 Å². The van der Waals surface area contributed by atoms with Crippen LogP contribution in [-0.2, 0) is 19.6 Å².